The molecule has 0 unspecified atom stereocenters. The number of nitrogens with zero attached hydrogens (tertiary/aromatic N) is 2. The standard InChI is InChI=1S/C16H16BrN3O3S/c1-9-14(17)15(23-19-9)12-8-7-10-11(16(12)24(18,21)22)5-4-6-13(10)20(2)3/h4-8H,1-3H3,(H2,18,21,22). The van der Waals surface area contributed by atoms with Crippen LogP contribution in [-0.4, -0.2) is 27.7 Å². The number of hydrogen-bond acceptors (Lipinski definition) is 5. The molecule has 0 aliphatic rings. The Balaban J connectivity index is 2.47. The molecule has 0 aliphatic heterocycles. The first-order chi connectivity index (χ1) is 11.2. The third-order valence-corrected chi connectivity index (χ3v) is 5.73. The van der Waals surface area contributed by atoms with Crippen LogP contribution in [0.5, 0.6) is 0 Å². The number of hydrogen-bond donors (Lipinski definition) is 1. The minimum absolute atomic E-state index is 0.0283. The van der Waals surface area contributed by atoms with E-state index in [0.717, 1.165) is 11.1 Å². The molecule has 24 heavy (non-hydrogen) atoms. The largest absolute Gasteiger partial charge is 0.377 e. The van der Waals surface area contributed by atoms with E-state index < -0.39 is 10.0 Å². The summed E-state index contributed by atoms with van der Waals surface area (Å²) in [4.78, 5) is 1.95. The molecule has 0 saturated heterocycles. The summed E-state index contributed by atoms with van der Waals surface area (Å²) < 4.78 is 30.6. The summed E-state index contributed by atoms with van der Waals surface area (Å²) in [6.45, 7) is 1.76. The Labute approximate surface area is 148 Å². The van der Waals surface area contributed by atoms with E-state index in [4.69, 9.17) is 9.66 Å². The molecule has 8 heteroatoms. The quantitative estimate of drug-likeness (QED) is 0.716. The summed E-state index contributed by atoms with van der Waals surface area (Å²) in [5.41, 5.74) is 1.91. The average Bonchev–Trinajstić information content (AvgIpc) is 2.84. The molecule has 1 heterocycles. The van der Waals surface area contributed by atoms with Crippen molar-refractivity contribution in [1.29, 1.82) is 0 Å². The van der Waals surface area contributed by atoms with Crippen LogP contribution in [0.2, 0.25) is 0 Å². The highest BCUT2D eigenvalue weighted by Crippen LogP contribution is 2.39. The van der Waals surface area contributed by atoms with Crippen LogP contribution in [0.3, 0.4) is 0 Å². The van der Waals surface area contributed by atoms with E-state index in [1.165, 1.54) is 0 Å². The number of nitrogens with two attached hydrogens (primary N) is 1. The SMILES string of the molecule is Cc1noc(-c2ccc3c(N(C)C)cccc3c2S(N)(=O)=O)c1Br. The highest BCUT2D eigenvalue weighted by molar-refractivity contribution is 9.10. The van der Waals surface area contributed by atoms with Crippen LogP contribution in [0.25, 0.3) is 22.1 Å². The number of fused-ring (bicyclic) bond motifs is 1. The van der Waals surface area contributed by atoms with Gasteiger partial charge in [0.05, 0.1) is 10.2 Å². The zero-order chi connectivity index (χ0) is 17.6. The number of sulfonamides is 1. The van der Waals surface area contributed by atoms with E-state index >= 15 is 0 Å². The van der Waals surface area contributed by atoms with Gasteiger partial charge in [0, 0.05) is 36.1 Å². The van der Waals surface area contributed by atoms with E-state index in [1.807, 2.05) is 31.1 Å². The molecule has 0 fully saturated rings. The molecular formula is C16H16BrN3O3S. The van der Waals surface area contributed by atoms with Crippen LogP contribution in [0.4, 0.5) is 5.69 Å². The Morgan fingerprint density at radius 3 is 2.42 bits per heavy atom. The lowest BCUT2D eigenvalue weighted by atomic mass is 10.0. The zero-order valence-electron chi connectivity index (χ0n) is 13.4. The van der Waals surface area contributed by atoms with Crippen molar-refractivity contribution in [2.75, 3.05) is 19.0 Å². The smallest absolute Gasteiger partial charge is 0.239 e. The van der Waals surface area contributed by atoms with Crippen molar-refractivity contribution in [2.45, 2.75) is 11.8 Å². The van der Waals surface area contributed by atoms with E-state index in [9.17, 15) is 8.42 Å². The molecule has 3 rings (SSSR count). The van der Waals surface area contributed by atoms with Gasteiger partial charge in [-0.2, -0.15) is 0 Å². The van der Waals surface area contributed by atoms with Gasteiger partial charge in [-0.25, -0.2) is 13.6 Å². The second kappa shape index (κ2) is 5.87. The lowest BCUT2D eigenvalue weighted by molar-refractivity contribution is 0.426. The molecule has 0 radical (unpaired) electrons. The Kier molecular flexibility index (Phi) is 4.15. The van der Waals surface area contributed by atoms with Gasteiger partial charge in [0.25, 0.3) is 0 Å². The van der Waals surface area contributed by atoms with Gasteiger partial charge in [-0.1, -0.05) is 23.4 Å². The Morgan fingerprint density at radius 1 is 1.17 bits per heavy atom. The Morgan fingerprint density at radius 2 is 1.88 bits per heavy atom. The van der Waals surface area contributed by atoms with E-state index in [2.05, 4.69) is 21.1 Å². The summed E-state index contributed by atoms with van der Waals surface area (Å²) in [6.07, 6.45) is 0. The summed E-state index contributed by atoms with van der Waals surface area (Å²) in [7, 11) is -0.188. The topological polar surface area (TPSA) is 89.4 Å². The van der Waals surface area contributed by atoms with E-state index in [1.54, 1.807) is 25.1 Å². The van der Waals surface area contributed by atoms with Gasteiger partial charge in [-0.15, -0.1) is 0 Å². The van der Waals surface area contributed by atoms with Gasteiger partial charge >= 0.3 is 0 Å². The van der Waals surface area contributed by atoms with Crippen molar-refractivity contribution in [3.8, 4) is 11.3 Å². The average molecular weight is 410 g/mol. The highest BCUT2D eigenvalue weighted by Gasteiger charge is 2.24. The maximum absolute atomic E-state index is 12.3. The number of benzene rings is 2. The van der Waals surface area contributed by atoms with Crippen LogP contribution >= 0.6 is 15.9 Å². The second-order valence-corrected chi connectivity index (χ2v) is 7.96. The molecule has 2 N–H and O–H groups in total. The fraction of sp³-hybridized carbons (Fsp3) is 0.188. The highest BCUT2D eigenvalue weighted by atomic mass is 79.9. The summed E-state index contributed by atoms with van der Waals surface area (Å²) in [5, 5.41) is 10.7. The first-order valence-electron chi connectivity index (χ1n) is 7.10. The molecule has 0 saturated carbocycles. The number of halogens is 1. The van der Waals surface area contributed by atoms with Gasteiger partial charge in [0.1, 0.15) is 4.90 Å². The number of rotatable bonds is 3. The molecule has 1 aromatic heterocycles. The van der Waals surface area contributed by atoms with Crippen molar-refractivity contribution in [1.82, 2.24) is 5.16 Å². The van der Waals surface area contributed by atoms with Gasteiger partial charge in [-0.05, 0) is 35.0 Å². The lowest BCUT2D eigenvalue weighted by Crippen LogP contribution is -2.15. The molecule has 0 bridgehead atoms. The van der Waals surface area contributed by atoms with Crippen molar-refractivity contribution in [3.63, 3.8) is 0 Å². The van der Waals surface area contributed by atoms with Crippen molar-refractivity contribution >= 4 is 42.4 Å². The number of aromatic nitrogens is 1. The predicted octanol–water partition coefficient (Wildman–Crippen LogP) is 3.28. The van der Waals surface area contributed by atoms with Crippen molar-refractivity contribution < 1.29 is 12.9 Å². The van der Waals surface area contributed by atoms with Crippen molar-refractivity contribution in [3.05, 3.63) is 40.5 Å². The predicted molar refractivity (Wildman–Crippen MR) is 97.6 cm³/mol. The van der Waals surface area contributed by atoms with Crippen LogP contribution in [-0.2, 0) is 10.0 Å². The third kappa shape index (κ3) is 2.70. The van der Waals surface area contributed by atoms with Gasteiger partial charge in [0.15, 0.2) is 5.76 Å². The fourth-order valence-corrected chi connectivity index (χ4v) is 4.03. The number of anilines is 1. The minimum atomic E-state index is -3.99. The molecule has 0 atom stereocenters. The summed E-state index contributed by atoms with van der Waals surface area (Å²) >= 11 is 3.39. The number of aryl methyl sites for hydroxylation is 1. The van der Waals surface area contributed by atoms with Crippen LogP contribution in [0, 0.1) is 6.92 Å². The van der Waals surface area contributed by atoms with E-state index in [-0.39, 0.29) is 4.90 Å². The molecule has 6 nitrogen and oxygen atoms in total. The van der Waals surface area contributed by atoms with Gasteiger partial charge in [0.2, 0.25) is 10.0 Å². The second-order valence-electron chi connectivity index (χ2n) is 5.67. The van der Waals surface area contributed by atoms with E-state index in [0.29, 0.717) is 26.9 Å². The molecule has 0 aliphatic carbocycles. The summed E-state index contributed by atoms with van der Waals surface area (Å²) in [5.74, 6) is 0.341. The Bertz CT molecular complexity index is 1040. The Hall–Kier alpha value is -1.90. The first kappa shape index (κ1) is 16.9. The van der Waals surface area contributed by atoms with Gasteiger partial charge < -0.3 is 9.42 Å². The first-order valence-corrected chi connectivity index (χ1v) is 9.43. The van der Waals surface area contributed by atoms with Gasteiger partial charge in [-0.3, -0.25) is 0 Å². The normalized spacial score (nSPS) is 11.9. The maximum Gasteiger partial charge on any atom is 0.239 e. The van der Waals surface area contributed by atoms with Crippen LogP contribution in [0.1, 0.15) is 5.69 Å². The van der Waals surface area contributed by atoms with Crippen LogP contribution in [0.15, 0.2) is 44.2 Å². The molecule has 0 spiro atoms. The molecule has 0 amide bonds. The molecule has 126 valence electrons. The maximum atomic E-state index is 12.3. The summed E-state index contributed by atoms with van der Waals surface area (Å²) in [6, 6.07) is 9.02. The zero-order valence-corrected chi connectivity index (χ0v) is 15.8. The minimum Gasteiger partial charge on any atom is -0.377 e. The fourth-order valence-electron chi connectivity index (χ4n) is 2.71. The van der Waals surface area contributed by atoms with Crippen LogP contribution < -0.4 is 10.0 Å². The van der Waals surface area contributed by atoms with Crippen molar-refractivity contribution in [2.24, 2.45) is 5.14 Å². The monoisotopic (exact) mass is 409 g/mol. The molecule has 2 aromatic carbocycles. The lowest BCUT2D eigenvalue weighted by Gasteiger charge is -2.17. The number of primary sulfonamides is 1. The molecule has 3 aromatic rings. The third-order valence-electron chi connectivity index (χ3n) is 3.79. The molecular weight excluding hydrogens is 394 g/mol.